The van der Waals surface area contributed by atoms with Crippen molar-refractivity contribution in [3.8, 4) is 0 Å². The van der Waals surface area contributed by atoms with Crippen LogP contribution in [0.3, 0.4) is 0 Å². The van der Waals surface area contributed by atoms with E-state index < -0.39 is 0 Å². The van der Waals surface area contributed by atoms with Crippen molar-refractivity contribution in [3.05, 3.63) is 29.6 Å². The van der Waals surface area contributed by atoms with Crippen LogP contribution in [0.4, 0.5) is 0 Å². The number of rotatable bonds is 3. The summed E-state index contributed by atoms with van der Waals surface area (Å²) in [5.74, 6) is 1.03. The van der Waals surface area contributed by atoms with Crippen LogP contribution in [0.5, 0.6) is 0 Å². The first-order chi connectivity index (χ1) is 8.04. The average molecular weight is 230 g/mol. The Morgan fingerprint density at radius 1 is 1.18 bits per heavy atom. The highest BCUT2D eigenvalue weighted by molar-refractivity contribution is 5.81. The van der Waals surface area contributed by atoms with Crippen molar-refractivity contribution in [1.82, 2.24) is 9.55 Å². The van der Waals surface area contributed by atoms with Gasteiger partial charge in [-0.05, 0) is 36.5 Å². The molecule has 0 N–H and O–H groups in total. The lowest BCUT2D eigenvalue weighted by Gasteiger charge is -2.13. The second-order valence-electron chi connectivity index (χ2n) is 5.28. The first-order valence-corrected chi connectivity index (χ1v) is 6.54. The fraction of sp³-hybridized carbons (Fsp3) is 0.533. The summed E-state index contributed by atoms with van der Waals surface area (Å²) >= 11 is 0. The summed E-state index contributed by atoms with van der Waals surface area (Å²) in [4.78, 5) is 4.81. The molecule has 0 aliphatic carbocycles. The molecule has 0 bridgehead atoms. The van der Waals surface area contributed by atoms with E-state index in [1.165, 1.54) is 16.6 Å². The molecule has 0 amide bonds. The zero-order valence-corrected chi connectivity index (χ0v) is 11.5. The van der Waals surface area contributed by atoms with Crippen molar-refractivity contribution in [2.24, 2.45) is 0 Å². The zero-order valence-electron chi connectivity index (χ0n) is 11.5. The Morgan fingerprint density at radius 2 is 1.88 bits per heavy atom. The molecule has 0 unspecified atom stereocenters. The van der Waals surface area contributed by atoms with E-state index in [0.29, 0.717) is 11.8 Å². The standard InChI is InChI=1S/C15H22N2/c1-6-17-8-7-12-13(10(2)3)9-14(11(4)5)16-15(12)17/h7-11H,6H2,1-5H3. The van der Waals surface area contributed by atoms with E-state index in [0.717, 1.165) is 12.2 Å². The van der Waals surface area contributed by atoms with Gasteiger partial charge in [0.15, 0.2) is 0 Å². The largest absolute Gasteiger partial charge is 0.333 e. The minimum absolute atomic E-state index is 0.483. The molecule has 0 radical (unpaired) electrons. The van der Waals surface area contributed by atoms with Crippen molar-refractivity contribution in [2.75, 3.05) is 0 Å². The molecular weight excluding hydrogens is 208 g/mol. The number of fused-ring (bicyclic) bond motifs is 1. The molecule has 0 saturated carbocycles. The van der Waals surface area contributed by atoms with Crippen molar-refractivity contribution < 1.29 is 0 Å². The highest BCUT2D eigenvalue weighted by Gasteiger charge is 2.13. The van der Waals surface area contributed by atoms with Crippen LogP contribution in [0.1, 0.15) is 57.7 Å². The van der Waals surface area contributed by atoms with Gasteiger partial charge in [0.1, 0.15) is 5.65 Å². The average Bonchev–Trinajstić information content (AvgIpc) is 2.69. The molecular formula is C15H22N2. The van der Waals surface area contributed by atoms with Crippen LogP contribution in [0.2, 0.25) is 0 Å². The lowest BCUT2D eigenvalue weighted by Crippen LogP contribution is -2.01. The van der Waals surface area contributed by atoms with E-state index in [4.69, 9.17) is 4.98 Å². The number of hydrogen-bond acceptors (Lipinski definition) is 1. The van der Waals surface area contributed by atoms with E-state index in [2.05, 4.69) is 57.5 Å². The lowest BCUT2D eigenvalue weighted by atomic mass is 9.97. The van der Waals surface area contributed by atoms with Gasteiger partial charge in [-0.2, -0.15) is 0 Å². The topological polar surface area (TPSA) is 17.8 Å². The minimum Gasteiger partial charge on any atom is -0.333 e. The molecule has 2 nitrogen and oxygen atoms in total. The van der Waals surface area contributed by atoms with E-state index in [-0.39, 0.29) is 0 Å². The molecule has 17 heavy (non-hydrogen) atoms. The summed E-state index contributed by atoms with van der Waals surface area (Å²) in [6.07, 6.45) is 2.15. The maximum Gasteiger partial charge on any atom is 0.140 e. The summed E-state index contributed by atoms with van der Waals surface area (Å²) < 4.78 is 2.23. The maximum atomic E-state index is 4.81. The summed E-state index contributed by atoms with van der Waals surface area (Å²) in [7, 11) is 0. The van der Waals surface area contributed by atoms with E-state index in [9.17, 15) is 0 Å². The van der Waals surface area contributed by atoms with Crippen LogP contribution in [0.15, 0.2) is 18.3 Å². The highest BCUT2D eigenvalue weighted by Crippen LogP contribution is 2.28. The normalized spacial score (nSPS) is 11.9. The van der Waals surface area contributed by atoms with Crippen LogP contribution < -0.4 is 0 Å². The predicted molar refractivity (Wildman–Crippen MR) is 73.6 cm³/mol. The fourth-order valence-electron chi connectivity index (χ4n) is 2.23. The van der Waals surface area contributed by atoms with Crippen molar-refractivity contribution in [1.29, 1.82) is 0 Å². The maximum absolute atomic E-state index is 4.81. The predicted octanol–water partition coefficient (Wildman–Crippen LogP) is 4.30. The summed E-state index contributed by atoms with van der Waals surface area (Å²) in [5.41, 5.74) is 3.77. The van der Waals surface area contributed by atoms with Gasteiger partial charge in [-0.3, -0.25) is 0 Å². The molecule has 2 aromatic heterocycles. The molecule has 0 saturated heterocycles. The number of hydrogen-bond donors (Lipinski definition) is 0. The summed E-state index contributed by atoms with van der Waals surface area (Å²) in [6, 6.07) is 4.48. The molecule has 0 aliphatic heterocycles. The molecule has 0 aromatic carbocycles. The van der Waals surface area contributed by atoms with Gasteiger partial charge in [0.05, 0.1) is 0 Å². The summed E-state index contributed by atoms with van der Waals surface area (Å²) in [5, 5.41) is 1.31. The molecule has 2 heterocycles. The molecule has 0 fully saturated rings. The van der Waals surface area contributed by atoms with Crippen LogP contribution in [-0.2, 0) is 6.54 Å². The second kappa shape index (κ2) is 4.52. The molecule has 0 atom stereocenters. The van der Waals surface area contributed by atoms with Gasteiger partial charge >= 0.3 is 0 Å². The van der Waals surface area contributed by atoms with E-state index in [1.807, 2.05) is 0 Å². The first kappa shape index (κ1) is 12.2. The Labute approximate surface area is 104 Å². The number of nitrogens with zero attached hydrogens (tertiary/aromatic N) is 2. The zero-order chi connectivity index (χ0) is 12.6. The quantitative estimate of drug-likeness (QED) is 0.768. The Bertz CT molecular complexity index is 521. The molecule has 0 aliphatic rings. The highest BCUT2D eigenvalue weighted by atomic mass is 15.0. The van der Waals surface area contributed by atoms with Crippen molar-refractivity contribution in [3.63, 3.8) is 0 Å². The SMILES string of the molecule is CCn1ccc2c(C(C)C)cc(C(C)C)nc21. The second-order valence-corrected chi connectivity index (χ2v) is 5.28. The smallest absolute Gasteiger partial charge is 0.140 e. The minimum atomic E-state index is 0.483. The number of pyridine rings is 1. The molecule has 2 aromatic rings. The summed E-state index contributed by atoms with van der Waals surface area (Å²) in [6.45, 7) is 12.1. The molecule has 2 rings (SSSR count). The van der Waals surface area contributed by atoms with Crippen LogP contribution in [-0.4, -0.2) is 9.55 Å². The van der Waals surface area contributed by atoms with Gasteiger partial charge in [-0.1, -0.05) is 27.7 Å². The van der Waals surface area contributed by atoms with Gasteiger partial charge in [0, 0.05) is 23.8 Å². The van der Waals surface area contributed by atoms with Crippen LogP contribution >= 0.6 is 0 Å². The Kier molecular flexibility index (Phi) is 3.23. The number of aryl methyl sites for hydroxylation is 1. The van der Waals surface area contributed by atoms with Crippen molar-refractivity contribution >= 4 is 11.0 Å². The van der Waals surface area contributed by atoms with Gasteiger partial charge in [0.25, 0.3) is 0 Å². The van der Waals surface area contributed by atoms with Crippen molar-refractivity contribution in [2.45, 2.75) is 53.0 Å². The lowest BCUT2D eigenvalue weighted by molar-refractivity contribution is 0.767. The van der Waals surface area contributed by atoms with Gasteiger partial charge in [-0.15, -0.1) is 0 Å². The van der Waals surface area contributed by atoms with E-state index in [1.54, 1.807) is 0 Å². The third-order valence-electron chi connectivity index (χ3n) is 3.34. The Balaban J connectivity index is 2.74. The molecule has 0 spiro atoms. The fourth-order valence-corrected chi connectivity index (χ4v) is 2.23. The van der Waals surface area contributed by atoms with Gasteiger partial charge < -0.3 is 4.57 Å². The third kappa shape index (κ3) is 2.08. The van der Waals surface area contributed by atoms with Gasteiger partial charge in [-0.25, -0.2) is 4.98 Å². The monoisotopic (exact) mass is 230 g/mol. The van der Waals surface area contributed by atoms with Gasteiger partial charge in [0.2, 0.25) is 0 Å². The molecule has 92 valence electrons. The number of aromatic nitrogens is 2. The third-order valence-corrected chi connectivity index (χ3v) is 3.34. The Hall–Kier alpha value is -1.31. The van der Waals surface area contributed by atoms with E-state index >= 15 is 0 Å². The Morgan fingerprint density at radius 3 is 2.41 bits per heavy atom. The first-order valence-electron chi connectivity index (χ1n) is 6.54. The van der Waals surface area contributed by atoms with Crippen LogP contribution in [0, 0.1) is 0 Å². The van der Waals surface area contributed by atoms with Crippen LogP contribution in [0.25, 0.3) is 11.0 Å². The molecule has 2 heteroatoms.